The zero-order valence-electron chi connectivity index (χ0n) is 14.7. The summed E-state index contributed by atoms with van der Waals surface area (Å²) in [6.45, 7) is 0. The zero-order chi connectivity index (χ0) is 18.0. The fourth-order valence-electron chi connectivity index (χ4n) is 5.41. The maximum atomic E-state index is 3.88. The van der Waals surface area contributed by atoms with Gasteiger partial charge in [-0.1, -0.05) is 107 Å². The fraction of sp³-hybridized carbons (Fsp3) is 0.0769. The molecule has 0 atom stereocenters. The van der Waals surface area contributed by atoms with Crippen LogP contribution in [0.1, 0.15) is 44.9 Å². The van der Waals surface area contributed by atoms with Crippen molar-refractivity contribution in [1.82, 2.24) is 0 Å². The molecule has 4 aromatic carbocycles. The summed E-state index contributed by atoms with van der Waals surface area (Å²) < 4.78 is 1.16. The molecule has 0 N–H and O–H groups in total. The summed E-state index contributed by atoms with van der Waals surface area (Å²) in [5.74, 6) is 0.318. The Labute approximate surface area is 167 Å². The normalized spacial score (nSPS) is 21.3. The summed E-state index contributed by atoms with van der Waals surface area (Å²) in [4.78, 5) is 0. The molecule has 0 aliphatic heterocycles. The minimum Gasteiger partial charge on any atom is -0.0619 e. The number of hydrogen-bond donors (Lipinski definition) is 0. The van der Waals surface area contributed by atoms with Crippen LogP contribution in [-0.2, 0) is 5.41 Å². The minimum absolute atomic E-state index is 0.279. The molecular weight excluding hydrogens is 392 g/mol. The van der Waals surface area contributed by atoms with E-state index in [1.54, 1.807) is 0 Å². The van der Waals surface area contributed by atoms with Crippen LogP contribution in [0.5, 0.6) is 0 Å². The molecule has 0 aromatic heterocycles. The first-order valence-corrected chi connectivity index (χ1v) is 10.2. The van der Waals surface area contributed by atoms with Crippen LogP contribution < -0.4 is 0 Å². The molecule has 128 valence electrons. The lowest BCUT2D eigenvalue weighted by molar-refractivity contribution is 0.627. The molecule has 0 heterocycles. The minimum atomic E-state index is -0.279. The molecule has 0 saturated carbocycles. The van der Waals surface area contributed by atoms with Crippen LogP contribution in [-0.4, -0.2) is 0 Å². The third-order valence-corrected chi connectivity index (χ3v) is 7.00. The molecule has 3 aliphatic rings. The topological polar surface area (TPSA) is 0 Å². The molecule has 3 aliphatic carbocycles. The summed E-state index contributed by atoms with van der Waals surface area (Å²) in [6.07, 6.45) is 0. The van der Waals surface area contributed by atoms with Gasteiger partial charge < -0.3 is 0 Å². The van der Waals surface area contributed by atoms with E-state index < -0.39 is 0 Å². The van der Waals surface area contributed by atoms with E-state index in [0.29, 0.717) is 5.92 Å². The van der Waals surface area contributed by atoms with Gasteiger partial charge >= 0.3 is 0 Å². The van der Waals surface area contributed by atoms with Gasteiger partial charge in [0.15, 0.2) is 0 Å². The molecular formula is C26H17Br. The van der Waals surface area contributed by atoms with Gasteiger partial charge in [0.1, 0.15) is 0 Å². The molecule has 27 heavy (non-hydrogen) atoms. The molecule has 0 saturated heterocycles. The van der Waals surface area contributed by atoms with Crippen LogP contribution in [0.15, 0.2) is 102 Å². The average Bonchev–Trinajstić information content (AvgIpc) is 2.74. The van der Waals surface area contributed by atoms with E-state index in [4.69, 9.17) is 0 Å². The maximum absolute atomic E-state index is 3.88. The van der Waals surface area contributed by atoms with Gasteiger partial charge in [-0.15, -0.1) is 0 Å². The molecule has 0 nitrogen and oxygen atoms in total. The molecule has 2 bridgehead atoms. The van der Waals surface area contributed by atoms with E-state index in [1.807, 2.05) is 0 Å². The Hall–Kier alpha value is -2.64. The van der Waals surface area contributed by atoms with Gasteiger partial charge in [-0.05, 0) is 45.0 Å². The van der Waals surface area contributed by atoms with E-state index >= 15 is 0 Å². The summed E-state index contributed by atoms with van der Waals surface area (Å²) in [5.41, 5.74) is 9.59. The summed E-state index contributed by atoms with van der Waals surface area (Å²) in [7, 11) is 0. The van der Waals surface area contributed by atoms with Crippen LogP contribution >= 0.6 is 15.9 Å². The lowest BCUT2D eigenvalue weighted by atomic mass is 9.51. The number of rotatable bonds is 1. The zero-order valence-corrected chi connectivity index (χ0v) is 16.3. The number of benzene rings is 4. The Kier molecular flexibility index (Phi) is 3.10. The second-order valence-corrected chi connectivity index (χ2v) is 8.28. The molecule has 1 heteroatoms. The van der Waals surface area contributed by atoms with Crippen molar-refractivity contribution in [2.75, 3.05) is 0 Å². The van der Waals surface area contributed by atoms with E-state index in [-0.39, 0.29) is 5.41 Å². The third kappa shape index (κ3) is 1.78. The number of halogens is 1. The standard InChI is InChI=1S/C26H17Br/c27-24-16-8-7-15-23(24)26-20-12-4-1-9-17(20)25(18-10-2-5-13-21(18)26)19-11-3-6-14-22(19)26/h1-16,25H. The van der Waals surface area contributed by atoms with Crippen LogP contribution in [0.2, 0.25) is 0 Å². The van der Waals surface area contributed by atoms with E-state index in [0.717, 1.165) is 4.47 Å². The first-order valence-electron chi connectivity index (χ1n) is 9.36. The summed E-state index contributed by atoms with van der Waals surface area (Å²) >= 11 is 3.88. The lowest BCUT2D eigenvalue weighted by Gasteiger charge is -2.51. The lowest BCUT2D eigenvalue weighted by Crippen LogP contribution is -2.43. The summed E-state index contributed by atoms with van der Waals surface area (Å²) in [5, 5.41) is 0. The molecule has 0 radical (unpaired) electrons. The van der Waals surface area contributed by atoms with Crippen molar-refractivity contribution in [3.8, 4) is 0 Å². The Balaban J connectivity index is 1.89. The second kappa shape index (κ2) is 5.43. The Morgan fingerprint density at radius 3 is 1.30 bits per heavy atom. The Morgan fingerprint density at radius 1 is 0.481 bits per heavy atom. The largest absolute Gasteiger partial charge is 0.0721 e. The highest BCUT2D eigenvalue weighted by molar-refractivity contribution is 9.10. The highest BCUT2D eigenvalue weighted by atomic mass is 79.9. The molecule has 4 aromatic rings. The van der Waals surface area contributed by atoms with Gasteiger partial charge in [0.25, 0.3) is 0 Å². The predicted octanol–water partition coefficient (Wildman–Crippen LogP) is 6.64. The predicted molar refractivity (Wildman–Crippen MR) is 113 cm³/mol. The highest BCUT2D eigenvalue weighted by Gasteiger charge is 2.52. The van der Waals surface area contributed by atoms with Gasteiger partial charge in [0.05, 0.1) is 5.41 Å². The van der Waals surface area contributed by atoms with Crippen molar-refractivity contribution in [3.63, 3.8) is 0 Å². The van der Waals surface area contributed by atoms with Crippen molar-refractivity contribution in [2.24, 2.45) is 0 Å². The average molecular weight is 409 g/mol. The van der Waals surface area contributed by atoms with Crippen LogP contribution in [0.4, 0.5) is 0 Å². The van der Waals surface area contributed by atoms with Crippen molar-refractivity contribution < 1.29 is 0 Å². The van der Waals surface area contributed by atoms with Gasteiger partial charge in [0.2, 0.25) is 0 Å². The van der Waals surface area contributed by atoms with E-state index in [9.17, 15) is 0 Å². The first-order chi connectivity index (χ1) is 13.3. The van der Waals surface area contributed by atoms with Gasteiger partial charge in [-0.2, -0.15) is 0 Å². The Bertz CT molecular complexity index is 1070. The fourth-order valence-corrected chi connectivity index (χ4v) is 5.99. The van der Waals surface area contributed by atoms with Gasteiger partial charge in [-0.25, -0.2) is 0 Å². The molecule has 7 rings (SSSR count). The van der Waals surface area contributed by atoms with Gasteiger partial charge in [-0.3, -0.25) is 0 Å². The van der Waals surface area contributed by atoms with Crippen molar-refractivity contribution in [1.29, 1.82) is 0 Å². The van der Waals surface area contributed by atoms with E-state index in [1.165, 1.54) is 38.9 Å². The monoisotopic (exact) mass is 408 g/mol. The van der Waals surface area contributed by atoms with Gasteiger partial charge in [0, 0.05) is 10.4 Å². The second-order valence-electron chi connectivity index (χ2n) is 7.42. The van der Waals surface area contributed by atoms with E-state index in [2.05, 4.69) is 113 Å². The van der Waals surface area contributed by atoms with Crippen molar-refractivity contribution in [3.05, 3.63) is 140 Å². The molecule has 0 fully saturated rings. The summed E-state index contributed by atoms with van der Waals surface area (Å²) in [6, 6.07) is 35.7. The van der Waals surface area contributed by atoms with Crippen LogP contribution in [0.3, 0.4) is 0 Å². The van der Waals surface area contributed by atoms with Crippen molar-refractivity contribution >= 4 is 15.9 Å². The first kappa shape index (κ1) is 15.4. The third-order valence-electron chi connectivity index (χ3n) is 6.31. The van der Waals surface area contributed by atoms with Crippen LogP contribution in [0, 0.1) is 0 Å². The smallest absolute Gasteiger partial charge is 0.0619 e. The Morgan fingerprint density at radius 2 is 0.852 bits per heavy atom. The number of hydrogen-bond acceptors (Lipinski definition) is 0. The maximum Gasteiger partial charge on any atom is 0.0721 e. The highest BCUT2D eigenvalue weighted by Crippen LogP contribution is 2.62. The van der Waals surface area contributed by atoms with Crippen molar-refractivity contribution in [2.45, 2.75) is 11.3 Å². The quantitative estimate of drug-likeness (QED) is 0.286. The van der Waals surface area contributed by atoms with Crippen LogP contribution in [0.25, 0.3) is 0 Å². The molecule has 0 unspecified atom stereocenters. The molecule has 0 spiro atoms. The SMILES string of the molecule is Brc1ccccc1C12c3ccccc3C(c3ccccc31)c1ccccc12. The molecule has 0 amide bonds.